The van der Waals surface area contributed by atoms with Crippen molar-refractivity contribution < 1.29 is 19.1 Å². The summed E-state index contributed by atoms with van der Waals surface area (Å²) in [5.41, 5.74) is 8.17. The van der Waals surface area contributed by atoms with E-state index in [0.717, 1.165) is 0 Å². The lowest BCUT2D eigenvalue weighted by Gasteiger charge is -2.36. The summed E-state index contributed by atoms with van der Waals surface area (Å²) in [4.78, 5) is 36.3. The van der Waals surface area contributed by atoms with Crippen LogP contribution < -0.4 is 10.6 Å². The predicted molar refractivity (Wildman–Crippen MR) is 127 cm³/mol. The number of anilines is 1. The van der Waals surface area contributed by atoms with Crippen molar-refractivity contribution in [3.05, 3.63) is 87.6 Å². The first kappa shape index (κ1) is 22.9. The Labute approximate surface area is 203 Å². The Bertz CT molecular complexity index is 1410. The van der Waals surface area contributed by atoms with Crippen LogP contribution in [0.1, 0.15) is 11.5 Å². The number of nitrogens with two attached hydrogens (primary N) is 1. The molecular formula is C24H18BrN5O4. The monoisotopic (exact) mass is 519 g/mol. The summed E-state index contributed by atoms with van der Waals surface area (Å²) < 4.78 is 10.8. The minimum Gasteiger partial charge on any atom is -0.466 e. The number of halogens is 1. The SMILES string of the molecule is COC(=O)C1=C(C(=O)OC)N(c2ccc(Br)c3nccnc23)C(N)=C(C#N)C1c1ccccc1. The van der Waals surface area contributed by atoms with Gasteiger partial charge in [-0.2, -0.15) is 5.26 Å². The number of allylic oxidation sites excluding steroid dienone is 1. The number of carbonyl (C=O) groups is 2. The molecular weight excluding hydrogens is 502 g/mol. The largest absolute Gasteiger partial charge is 0.466 e. The highest BCUT2D eigenvalue weighted by Gasteiger charge is 2.43. The van der Waals surface area contributed by atoms with Crippen molar-refractivity contribution in [2.45, 2.75) is 5.92 Å². The first-order valence-corrected chi connectivity index (χ1v) is 10.8. The molecule has 0 radical (unpaired) electrons. The second-order valence-electron chi connectivity index (χ2n) is 7.16. The van der Waals surface area contributed by atoms with Crippen molar-refractivity contribution >= 4 is 44.6 Å². The number of benzene rings is 2. The van der Waals surface area contributed by atoms with E-state index in [4.69, 9.17) is 15.2 Å². The zero-order chi connectivity index (χ0) is 24.4. The molecule has 9 nitrogen and oxygen atoms in total. The van der Waals surface area contributed by atoms with E-state index in [2.05, 4.69) is 32.0 Å². The Kier molecular flexibility index (Phi) is 6.30. The van der Waals surface area contributed by atoms with Crippen LogP contribution in [0.3, 0.4) is 0 Å². The molecule has 0 bridgehead atoms. The molecule has 4 rings (SSSR count). The van der Waals surface area contributed by atoms with Crippen LogP contribution in [-0.4, -0.2) is 36.1 Å². The Balaban J connectivity index is 2.13. The van der Waals surface area contributed by atoms with Crippen LogP contribution in [0.15, 0.2) is 82.0 Å². The van der Waals surface area contributed by atoms with E-state index in [9.17, 15) is 14.9 Å². The van der Waals surface area contributed by atoms with E-state index in [1.54, 1.807) is 42.5 Å². The number of fused-ring (bicyclic) bond motifs is 1. The average molecular weight is 520 g/mol. The van der Waals surface area contributed by atoms with Gasteiger partial charge in [0.25, 0.3) is 0 Å². The van der Waals surface area contributed by atoms with Gasteiger partial charge < -0.3 is 15.2 Å². The number of hydrogen-bond donors (Lipinski definition) is 1. The standard InChI is InChI=1S/C24H18BrN5O4/c1-33-23(31)18-17(13-6-4-3-5-7-13)14(12-26)22(27)30(21(18)24(32)34-2)16-9-8-15(25)19-20(16)29-11-10-28-19/h3-11,17H,27H2,1-2H3. The molecule has 10 heteroatoms. The second-order valence-corrected chi connectivity index (χ2v) is 8.01. The van der Waals surface area contributed by atoms with Gasteiger partial charge >= 0.3 is 11.9 Å². The van der Waals surface area contributed by atoms with Crippen molar-refractivity contribution in [1.82, 2.24) is 9.97 Å². The minimum atomic E-state index is -0.947. The number of esters is 2. The second kappa shape index (κ2) is 9.33. The quantitative estimate of drug-likeness (QED) is 0.515. The molecule has 2 aromatic carbocycles. The molecule has 2 N–H and O–H groups in total. The maximum Gasteiger partial charge on any atom is 0.355 e. The Morgan fingerprint density at radius 1 is 1.03 bits per heavy atom. The molecule has 1 aliphatic rings. The van der Waals surface area contributed by atoms with Crippen molar-refractivity contribution in [3.8, 4) is 6.07 Å². The highest BCUT2D eigenvalue weighted by molar-refractivity contribution is 9.10. The molecule has 0 saturated carbocycles. The lowest BCUT2D eigenvalue weighted by molar-refractivity contribution is -0.139. The number of carbonyl (C=O) groups excluding carboxylic acids is 2. The van der Waals surface area contributed by atoms with E-state index in [-0.39, 0.29) is 22.7 Å². The number of aromatic nitrogens is 2. The van der Waals surface area contributed by atoms with Gasteiger partial charge in [0.1, 0.15) is 22.6 Å². The van der Waals surface area contributed by atoms with Gasteiger partial charge in [0, 0.05) is 16.9 Å². The first-order valence-electron chi connectivity index (χ1n) is 9.99. The Hall–Kier alpha value is -4.23. The van der Waals surface area contributed by atoms with Crippen LogP contribution in [0.2, 0.25) is 0 Å². The third-order valence-corrected chi connectivity index (χ3v) is 6.05. The molecule has 1 aromatic heterocycles. The van der Waals surface area contributed by atoms with Crippen molar-refractivity contribution in [2.24, 2.45) is 5.73 Å². The van der Waals surface area contributed by atoms with E-state index < -0.39 is 17.9 Å². The molecule has 2 heterocycles. The maximum absolute atomic E-state index is 13.2. The molecule has 0 amide bonds. The fourth-order valence-corrected chi connectivity index (χ4v) is 4.38. The molecule has 3 aromatic rings. The van der Waals surface area contributed by atoms with Crippen LogP contribution in [0.5, 0.6) is 0 Å². The van der Waals surface area contributed by atoms with Gasteiger partial charge in [-0.25, -0.2) is 9.59 Å². The highest BCUT2D eigenvalue weighted by atomic mass is 79.9. The molecule has 1 atom stereocenters. The molecule has 1 aliphatic heterocycles. The number of hydrogen-bond acceptors (Lipinski definition) is 9. The van der Waals surface area contributed by atoms with Gasteiger partial charge in [-0.3, -0.25) is 14.9 Å². The summed E-state index contributed by atoms with van der Waals surface area (Å²) in [5.74, 6) is -2.62. The van der Waals surface area contributed by atoms with Crippen LogP contribution in [0.25, 0.3) is 11.0 Å². The molecule has 1 unspecified atom stereocenters. The summed E-state index contributed by atoms with van der Waals surface area (Å²) in [5, 5.41) is 10.1. The van der Waals surface area contributed by atoms with Gasteiger partial charge in [0.15, 0.2) is 0 Å². The van der Waals surface area contributed by atoms with Crippen molar-refractivity contribution in [2.75, 3.05) is 19.1 Å². The maximum atomic E-state index is 13.2. The van der Waals surface area contributed by atoms with Crippen LogP contribution in [-0.2, 0) is 19.1 Å². The summed E-state index contributed by atoms with van der Waals surface area (Å²) >= 11 is 3.45. The normalized spacial score (nSPS) is 15.8. The van der Waals surface area contributed by atoms with E-state index in [1.807, 2.05) is 0 Å². The summed E-state index contributed by atoms with van der Waals surface area (Å²) in [6, 6.07) is 14.3. The number of nitriles is 1. The van der Waals surface area contributed by atoms with E-state index in [0.29, 0.717) is 26.8 Å². The summed E-state index contributed by atoms with van der Waals surface area (Å²) in [6.07, 6.45) is 3.01. The van der Waals surface area contributed by atoms with Crippen LogP contribution in [0.4, 0.5) is 5.69 Å². The summed E-state index contributed by atoms with van der Waals surface area (Å²) in [6.45, 7) is 0. The van der Waals surface area contributed by atoms with Gasteiger partial charge in [-0.05, 0) is 33.6 Å². The highest BCUT2D eigenvalue weighted by Crippen LogP contribution is 2.44. The first-order chi connectivity index (χ1) is 16.4. The minimum absolute atomic E-state index is 0.0429. The summed E-state index contributed by atoms with van der Waals surface area (Å²) in [7, 11) is 2.39. The fourth-order valence-electron chi connectivity index (χ4n) is 3.95. The Morgan fingerprint density at radius 3 is 2.29 bits per heavy atom. The molecule has 170 valence electrons. The van der Waals surface area contributed by atoms with Gasteiger partial charge in [-0.15, -0.1) is 0 Å². The zero-order valence-electron chi connectivity index (χ0n) is 18.2. The average Bonchev–Trinajstić information content (AvgIpc) is 2.88. The molecule has 0 saturated heterocycles. The smallest absolute Gasteiger partial charge is 0.355 e. The predicted octanol–water partition coefficient (Wildman–Crippen LogP) is 3.29. The van der Waals surface area contributed by atoms with Crippen molar-refractivity contribution in [1.29, 1.82) is 5.26 Å². The lowest BCUT2D eigenvalue weighted by atomic mass is 9.81. The number of nitrogens with zero attached hydrogens (tertiary/aromatic N) is 4. The van der Waals surface area contributed by atoms with E-state index >= 15 is 0 Å². The topological polar surface area (TPSA) is 131 Å². The van der Waals surface area contributed by atoms with Crippen LogP contribution in [0, 0.1) is 11.3 Å². The fraction of sp³-hybridized carbons (Fsp3) is 0.125. The van der Waals surface area contributed by atoms with Crippen molar-refractivity contribution in [3.63, 3.8) is 0 Å². The van der Waals surface area contributed by atoms with E-state index in [1.165, 1.54) is 31.5 Å². The third kappa shape index (κ3) is 3.66. The van der Waals surface area contributed by atoms with Crippen LogP contribution >= 0.6 is 15.9 Å². The number of ether oxygens (including phenoxy) is 2. The molecule has 0 spiro atoms. The zero-order valence-corrected chi connectivity index (χ0v) is 19.7. The number of rotatable bonds is 4. The third-order valence-electron chi connectivity index (χ3n) is 5.41. The van der Waals surface area contributed by atoms with Gasteiger partial charge in [0.05, 0.1) is 43.0 Å². The lowest BCUT2D eigenvalue weighted by Crippen LogP contribution is -2.41. The molecule has 0 fully saturated rings. The molecule has 34 heavy (non-hydrogen) atoms. The Morgan fingerprint density at radius 2 is 1.68 bits per heavy atom. The van der Waals surface area contributed by atoms with Gasteiger partial charge in [0.2, 0.25) is 0 Å². The van der Waals surface area contributed by atoms with Gasteiger partial charge in [-0.1, -0.05) is 30.3 Å². The number of methoxy groups -OCH3 is 2. The molecule has 0 aliphatic carbocycles.